The van der Waals surface area contributed by atoms with Gasteiger partial charge >= 0.3 is 0 Å². The highest BCUT2D eigenvalue weighted by Gasteiger charge is 2.10. The molecule has 2 aromatic rings. The van der Waals surface area contributed by atoms with Crippen molar-refractivity contribution in [2.45, 2.75) is 32.7 Å². The highest BCUT2D eigenvalue weighted by atomic mass is 15.2. The molecular formula is C16H21N3. The zero-order chi connectivity index (χ0) is 13.7. The van der Waals surface area contributed by atoms with E-state index in [0.29, 0.717) is 0 Å². The van der Waals surface area contributed by atoms with Gasteiger partial charge in [0, 0.05) is 17.9 Å². The molecule has 0 radical (unpaired) electrons. The molecule has 0 fully saturated rings. The summed E-state index contributed by atoms with van der Waals surface area (Å²) in [6.45, 7) is 4.23. The first-order chi connectivity index (χ1) is 9.19. The molecular weight excluding hydrogens is 234 g/mol. The minimum atomic E-state index is 0.167. The average molecular weight is 255 g/mol. The summed E-state index contributed by atoms with van der Waals surface area (Å²) in [6, 6.07) is 12.7. The van der Waals surface area contributed by atoms with Crippen LogP contribution >= 0.6 is 0 Å². The Bertz CT molecular complexity index is 503. The fourth-order valence-corrected chi connectivity index (χ4v) is 2.40. The molecule has 0 saturated carbocycles. The number of pyridine rings is 1. The quantitative estimate of drug-likeness (QED) is 0.638. The summed E-state index contributed by atoms with van der Waals surface area (Å²) in [6.07, 6.45) is 3.69. The third-order valence-corrected chi connectivity index (χ3v) is 3.26. The molecule has 3 N–H and O–H groups in total. The Morgan fingerprint density at radius 1 is 1.16 bits per heavy atom. The molecule has 0 aliphatic carbocycles. The maximum absolute atomic E-state index is 5.70. The maximum Gasteiger partial charge on any atom is 0.0463 e. The second-order valence-electron chi connectivity index (χ2n) is 5.00. The number of aromatic nitrogens is 1. The topological polar surface area (TPSA) is 50.9 Å². The number of aryl methyl sites for hydroxylation is 3. The van der Waals surface area contributed by atoms with Gasteiger partial charge in [0.1, 0.15) is 0 Å². The molecule has 0 bridgehead atoms. The Hall–Kier alpha value is -1.71. The molecule has 3 nitrogen and oxygen atoms in total. The number of hydrogen-bond donors (Lipinski definition) is 2. The molecule has 0 saturated heterocycles. The lowest BCUT2D eigenvalue weighted by Crippen LogP contribution is -2.28. The Morgan fingerprint density at radius 2 is 1.89 bits per heavy atom. The van der Waals surface area contributed by atoms with E-state index >= 15 is 0 Å². The van der Waals surface area contributed by atoms with Crippen LogP contribution in [0.1, 0.15) is 34.8 Å². The van der Waals surface area contributed by atoms with Gasteiger partial charge in [-0.2, -0.15) is 0 Å². The van der Waals surface area contributed by atoms with Crippen LogP contribution in [0.25, 0.3) is 0 Å². The second kappa shape index (κ2) is 6.45. The van der Waals surface area contributed by atoms with Crippen LogP contribution < -0.4 is 11.3 Å². The summed E-state index contributed by atoms with van der Waals surface area (Å²) in [7, 11) is 0. The number of hydrazine groups is 1. The standard InChI is InChI=1S/C16H21N3/c1-12-9-13(2)11-14(10-12)16(19-17)7-6-15-5-3-4-8-18-15/h3-5,8-11,16,19H,6-7,17H2,1-2H3. The van der Waals surface area contributed by atoms with Crippen molar-refractivity contribution in [1.82, 2.24) is 10.4 Å². The molecule has 0 spiro atoms. The fraction of sp³-hybridized carbons (Fsp3) is 0.312. The van der Waals surface area contributed by atoms with Crippen LogP contribution in [0.15, 0.2) is 42.6 Å². The van der Waals surface area contributed by atoms with Gasteiger partial charge in [-0.25, -0.2) is 0 Å². The van der Waals surface area contributed by atoms with Gasteiger partial charge in [0.15, 0.2) is 0 Å². The Balaban J connectivity index is 2.07. The van der Waals surface area contributed by atoms with Crippen LogP contribution in [0.4, 0.5) is 0 Å². The summed E-state index contributed by atoms with van der Waals surface area (Å²) >= 11 is 0. The largest absolute Gasteiger partial charge is 0.271 e. The van der Waals surface area contributed by atoms with Crippen molar-refractivity contribution in [2.75, 3.05) is 0 Å². The monoisotopic (exact) mass is 255 g/mol. The number of nitrogens with two attached hydrogens (primary N) is 1. The van der Waals surface area contributed by atoms with Crippen molar-refractivity contribution in [1.29, 1.82) is 0 Å². The van der Waals surface area contributed by atoms with Gasteiger partial charge in [0.25, 0.3) is 0 Å². The smallest absolute Gasteiger partial charge is 0.0463 e. The molecule has 2 rings (SSSR count). The van der Waals surface area contributed by atoms with E-state index in [4.69, 9.17) is 5.84 Å². The van der Waals surface area contributed by atoms with Gasteiger partial charge in [-0.15, -0.1) is 0 Å². The summed E-state index contributed by atoms with van der Waals surface area (Å²) in [5, 5.41) is 0. The number of rotatable bonds is 5. The van der Waals surface area contributed by atoms with Crippen molar-refractivity contribution in [3.63, 3.8) is 0 Å². The second-order valence-corrected chi connectivity index (χ2v) is 5.00. The SMILES string of the molecule is Cc1cc(C)cc(C(CCc2ccccn2)NN)c1. The lowest BCUT2D eigenvalue weighted by Gasteiger charge is -2.17. The van der Waals surface area contributed by atoms with Crippen molar-refractivity contribution in [2.24, 2.45) is 5.84 Å². The van der Waals surface area contributed by atoms with Crippen molar-refractivity contribution in [3.8, 4) is 0 Å². The normalized spacial score (nSPS) is 12.4. The van der Waals surface area contributed by atoms with Crippen LogP contribution in [0.5, 0.6) is 0 Å². The van der Waals surface area contributed by atoms with Gasteiger partial charge in [-0.05, 0) is 44.4 Å². The van der Waals surface area contributed by atoms with Crippen LogP contribution in [0.2, 0.25) is 0 Å². The number of nitrogens with one attached hydrogen (secondary N) is 1. The Labute approximate surface area is 114 Å². The minimum absolute atomic E-state index is 0.167. The first kappa shape index (κ1) is 13.7. The Kier molecular flexibility index (Phi) is 4.66. The maximum atomic E-state index is 5.70. The highest BCUT2D eigenvalue weighted by Crippen LogP contribution is 2.20. The summed E-state index contributed by atoms with van der Waals surface area (Å²) in [5.74, 6) is 5.70. The third kappa shape index (κ3) is 3.88. The molecule has 0 aliphatic rings. The zero-order valence-corrected chi connectivity index (χ0v) is 11.6. The molecule has 1 heterocycles. The van der Waals surface area contributed by atoms with E-state index in [1.807, 2.05) is 18.3 Å². The van der Waals surface area contributed by atoms with Crippen LogP contribution in [-0.4, -0.2) is 4.98 Å². The number of benzene rings is 1. The van der Waals surface area contributed by atoms with Gasteiger partial charge in [0.2, 0.25) is 0 Å². The summed E-state index contributed by atoms with van der Waals surface area (Å²) in [5.41, 5.74) is 7.81. The number of hydrogen-bond acceptors (Lipinski definition) is 3. The van der Waals surface area contributed by atoms with E-state index in [1.54, 1.807) is 0 Å². The van der Waals surface area contributed by atoms with E-state index in [0.717, 1.165) is 18.5 Å². The Morgan fingerprint density at radius 3 is 2.47 bits per heavy atom. The molecule has 1 aromatic carbocycles. The first-order valence-corrected chi connectivity index (χ1v) is 6.63. The van der Waals surface area contributed by atoms with Gasteiger partial charge in [-0.1, -0.05) is 35.4 Å². The molecule has 1 unspecified atom stereocenters. The van der Waals surface area contributed by atoms with Crippen LogP contribution in [0.3, 0.4) is 0 Å². The van der Waals surface area contributed by atoms with E-state index in [1.165, 1.54) is 16.7 Å². The lowest BCUT2D eigenvalue weighted by atomic mass is 9.98. The lowest BCUT2D eigenvalue weighted by molar-refractivity contribution is 0.513. The minimum Gasteiger partial charge on any atom is -0.271 e. The first-order valence-electron chi connectivity index (χ1n) is 6.63. The molecule has 0 amide bonds. The molecule has 100 valence electrons. The predicted molar refractivity (Wildman–Crippen MR) is 78.5 cm³/mol. The van der Waals surface area contributed by atoms with Crippen LogP contribution in [-0.2, 0) is 6.42 Å². The van der Waals surface area contributed by atoms with Crippen molar-refractivity contribution < 1.29 is 0 Å². The van der Waals surface area contributed by atoms with Crippen molar-refractivity contribution >= 4 is 0 Å². The van der Waals surface area contributed by atoms with Crippen molar-refractivity contribution in [3.05, 3.63) is 65.0 Å². The average Bonchev–Trinajstić information content (AvgIpc) is 2.39. The number of nitrogens with zero attached hydrogens (tertiary/aromatic N) is 1. The predicted octanol–water partition coefficient (Wildman–Crippen LogP) is 2.84. The fourth-order valence-electron chi connectivity index (χ4n) is 2.40. The molecule has 1 aromatic heterocycles. The van der Waals surface area contributed by atoms with Gasteiger partial charge in [-0.3, -0.25) is 16.3 Å². The van der Waals surface area contributed by atoms with Gasteiger partial charge in [0.05, 0.1) is 0 Å². The summed E-state index contributed by atoms with van der Waals surface area (Å²) < 4.78 is 0. The van der Waals surface area contributed by atoms with E-state index in [9.17, 15) is 0 Å². The van der Waals surface area contributed by atoms with Gasteiger partial charge < -0.3 is 0 Å². The van der Waals surface area contributed by atoms with E-state index < -0.39 is 0 Å². The highest BCUT2D eigenvalue weighted by molar-refractivity contribution is 5.30. The third-order valence-electron chi connectivity index (χ3n) is 3.26. The zero-order valence-electron chi connectivity index (χ0n) is 11.6. The molecule has 3 heteroatoms. The summed E-state index contributed by atoms with van der Waals surface area (Å²) in [4.78, 5) is 4.35. The molecule has 0 aliphatic heterocycles. The molecule has 19 heavy (non-hydrogen) atoms. The van der Waals surface area contributed by atoms with E-state index in [2.05, 4.69) is 48.5 Å². The van der Waals surface area contributed by atoms with Crippen LogP contribution in [0, 0.1) is 13.8 Å². The molecule has 1 atom stereocenters. The van der Waals surface area contributed by atoms with E-state index in [-0.39, 0.29) is 6.04 Å².